The molecule has 7 heteroatoms. The van der Waals surface area contributed by atoms with Gasteiger partial charge in [-0.3, -0.25) is 4.79 Å². The molecule has 0 aliphatic carbocycles. The normalized spacial score (nSPS) is 19.1. The summed E-state index contributed by atoms with van der Waals surface area (Å²) in [6.07, 6.45) is 0.942. The number of benzene rings is 1. The van der Waals surface area contributed by atoms with E-state index in [0.29, 0.717) is 18.0 Å². The molecule has 0 spiro atoms. The van der Waals surface area contributed by atoms with Crippen molar-refractivity contribution in [2.24, 2.45) is 5.92 Å². The quantitative estimate of drug-likeness (QED) is 0.828. The predicted octanol–water partition coefficient (Wildman–Crippen LogP) is 1.35. The minimum Gasteiger partial charge on any atom is -0.481 e. The number of hydrogen-bond donors (Lipinski definition) is 2. The van der Waals surface area contributed by atoms with Gasteiger partial charge in [-0.15, -0.1) is 0 Å². The second-order valence-corrected chi connectivity index (χ2v) is 7.71. The van der Waals surface area contributed by atoms with Crippen LogP contribution >= 0.6 is 11.8 Å². The Balaban J connectivity index is 1.99. The van der Waals surface area contributed by atoms with E-state index >= 15 is 0 Å². The second-order valence-electron chi connectivity index (χ2n) is 4.80. The van der Waals surface area contributed by atoms with Crippen LogP contribution in [0.2, 0.25) is 0 Å². The fraction of sp³-hybridized carbons (Fsp3) is 0.462. The first-order chi connectivity index (χ1) is 9.47. The van der Waals surface area contributed by atoms with Crippen molar-refractivity contribution in [2.75, 3.05) is 18.1 Å². The molecule has 2 N–H and O–H groups in total. The Hall–Kier alpha value is -1.05. The van der Waals surface area contributed by atoms with E-state index in [2.05, 4.69) is 4.72 Å². The van der Waals surface area contributed by atoms with E-state index in [-0.39, 0.29) is 11.3 Å². The molecule has 1 atom stereocenters. The average molecular weight is 315 g/mol. The number of sulfonamides is 1. The summed E-state index contributed by atoms with van der Waals surface area (Å²) in [6, 6.07) is 5.97. The summed E-state index contributed by atoms with van der Waals surface area (Å²) in [5.41, 5.74) is 0.587. The van der Waals surface area contributed by atoms with Crippen molar-refractivity contribution in [1.82, 2.24) is 4.72 Å². The lowest BCUT2D eigenvalue weighted by atomic mass is 10.1. The Morgan fingerprint density at radius 1 is 1.35 bits per heavy atom. The lowest BCUT2D eigenvalue weighted by Gasteiger charge is -2.11. The number of thioether (sulfide) groups is 1. The zero-order valence-electron chi connectivity index (χ0n) is 10.9. The van der Waals surface area contributed by atoms with Crippen molar-refractivity contribution < 1.29 is 18.3 Å². The topological polar surface area (TPSA) is 83.5 Å². The van der Waals surface area contributed by atoms with Gasteiger partial charge in [0.15, 0.2) is 0 Å². The fourth-order valence-corrected chi connectivity index (χ4v) is 4.42. The molecule has 0 amide bonds. The molecule has 1 saturated heterocycles. The average Bonchev–Trinajstić information content (AvgIpc) is 2.89. The van der Waals surface area contributed by atoms with Crippen LogP contribution in [0, 0.1) is 5.92 Å². The van der Waals surface area contributed by atoms with E-state index in [1.807, 2.05) is 11.8 Å². The van der Waals surface area contributed by atoms with Crippen molar-refractivity contribution in [3.8, 4) is 0 Å². The molecule has 2 rings (SSSR count). The van der Waals surface area contributed by atoms with Crippen molar-refractivity contribution in [3.63, 3.8) is 0 Å². The molecule has 20 heavy (non-hydrogen) atoms. The summed E-state index contributed by atoms with van der Waals surface area (Å²) in [7, 11) is -3.50. The van der Waals surface area contributed by atoms with Gasteiger partial charge in [-0.2, -0.15) is 11.8 Å². The van der Waals surface area contributed by atoms with E-state index in [1.54, 1.807) is 0 Å². The maximum atomic E-state index is 12.1. The van der Waals surface area contributed by atoms with Crippen molar-refractivity contribution in [3.05, 3.63) is 29.8 Å². The standard InChI is InChI=1S/C13H17NO4S2/c15-13(16)7-10-1-3-12(4-2-10)20(17,18)14-8-11-5-6-19-9-11/h1-4,11,14H,5-9H2,(H,15,16). The van der Waals surface area contributed by atoms with Gasteiger partial charge in [0.05, 0.1) is 11.3 Å². The first-order valence-corrected chi connectivity index (χ1v) is 8.99. The number of carboxylic acid groups (broad SMARTS) is 1. The molecular weight excluding hydrogens is 298 g/mol. The van der Waals surface area contributed by atoms with E-state index < -0.39 is 16.0 Å². The molecule has 1 fully saturated rings. The van der Waals surface area contributed by atoms with Gasteiger partial charge in [0.2, 0.25) is 10.0 Å². The van der Waals surface area contributed by atoms with E-state index in [4.69, 9.17) is 5.11 Å². The van der Waals surface area contributed by atoms with Crippen LogP contribution in [-0.4, -0.2) is 37.5 Å². The summed E-state index contributed by atoms with van der Waals surface area (Å²) in [5.74, 6) is 1.56. The number of nitrogens with one attached hydrogen (secondary N) is 1. The summed E-state index contributed by atoms with van der Waals surface area (Å²) >= 11 is 1.85. The van der Waals surface area contributed by atoms with Crippen LogP contribution in [0.3, 0.4) is 0 Å². The highest BCUT2D eigenvalue weighted by Gasteiger charge is 2.20. The number of rotatable bonds is 6. The zero-order chi connectivity index (χ0) is 14.6. The molecule has 1 heterocycles. The minimum atomic E-state index is -3.50. The van der Waals surface area contributed by atoms with E-state index in [9.17, 15) is 13.2 Å². The van der Waals surface area contributed by atoms with Gasteiger partial charge in [-0.25, -0.2) is 13.1 Å². The molecule has 1 aromatic carbocycles. The van der Waals surface area contributed by atoms with Gasteiger partial charge < -0.3 is 5.11 Å². The van der Waals surface area contributed by atoms with Gasteiger partial charge >= 0.3 is 5.97 Å². The highest BCUT2D eigenvalue weighted by Crippen LogP contribution is 2.23. The van der Waals surface area contributed by atoms with Gasteiger partial charge in [0.25, 0.3) is 0 Å². The molecule has 0 bridgehead atoms. The number of aliphatic carboxylic acids is 1. The first kappa shape index (κ1) is 15.3. The molecule has 1 aliphatic heterocycles. The lowest BCUT2D eigenvalue weighted by Crippen LogP contribution is -2.29. The fourth-order valence-electron chi connectivity index (χ4n) is 2.02. The van der Waals surface area contributed by atoms with Gasteiger partial charge in [-0.05, 0) is 41.5 Å². The zero-order valence-corrected chi connectivity index (χ0v) is 12.5. The van der Waals surface area contributed by atoms with Crippen LogP contribution in [-0.2, 0) is 21.2 Å². The van der Waals surface area contributed by atoms with Gasteiger partial charge in [0.1, 0.15) is 0 Å². The van der Waals surface area contributed by atoms with Crippen LogP contribution < -0.4 is 4.72 Å². The number of carbonyl (C=O) groups is 1. The van der Waals surface area contributed by atoms with Gasteiger partial charge in [0, 0.05) is 6.54 Å². The first-order valence-electron chi connectivity index (χ1n) is 6.35. The Morgan fingerprint density at radius 2 is 2.05 bits per heavy atom. The molecule has 0 saturated carbocycles. The molecular formula is C13H17NO4S2. The molecule has 1 aromatic rings. The lowest BCUT2D eigenvalue weighted by molar-refractivity contribution is -0.136. The summed E-state index contributed by atoms with van der Waals surface area (Å²) < 4.78 is 26.8. The Morgan fingerprint density at radius 3 is 2.60 bits per heavy atom. The minimum absolute atomic E-state index is 0.104. The molecule has 5 nitrogen and oxygen atoms in total. The van der Waals surface area contributed by atoms with Crippen LogP contribution in [0.4, 0.5) is 0 Å². The Labute approximate surface area is 122 Å². The summed E-state index contributed by atoms with van der Waals surface area (Å²) in [4.78, 5) is 10.7. The molecule has 110 valence electrons. The molecule has 1 unspecified atom stereocenters. The van der Waals surface area contributed by atoms with Crippen LogP contribution in [0.1, 0.15) is 12.0 Å². The van der Waals surface area contributed by atoms with Crippen LogP contribution in [0.15, 0.2) is 29.2 Å². The van der Waals surface area contributed by atoms with Crippen molar-refractivity contribution >= 4 is 27.8 Å². The largest absolute Gasteiger partial charge is 0.481 e. The van der Waals surface area contributed by atoms with E-state index in [1.165, 1.54) is 24.3 Å². The molecule has 0 radical (unpaired) electrons. The van der Waals surface area contributed by atoms with Crippen LogP contribution in [0.5, 0.6) is 0 Å². The Kier molecular flexibility index (Phi) is 5.06. The monoisotopic (exact) mass is 315 g/mol. The SMILES string of the molecule is O=C(O)Cc1ccc(S(=O)(=O)NCC2CCSC2)cc1. The summed E-state index contributed by atoms with van der Waals surface area (Å²) in [5, 5.41) is 8.67. The summed E-state index contributed by atoms with van der Waals surface area (Å²) in [6.45, 7) is 0.464. The van der Waals surface area contributed by atoms with Crippen molar-refractivity contribution in [1.29, 1.82) is 0 Å². The second kappa shape index (κ2) is 6.60. The molecule has 1 aliphatic rings. The van der Waals surface area contributed by atoms with E-state index in [0.717, 1.165) is 17.9 Å². The molecule has 0 aromatic heterocycles. The maximum Gasteiger partial charge on any atom is 0.307 e. The van der Waals surface area contributed by atoms with Crippen molar-refractivity contribution in [2.45, 2.75) is 17.7 Å². The number of carboxylic acids is 1. The third kappa shape index (κ3) is 4.22. The third-order valence-electron chi connectivity index (χ3n) is 3.18. The number of hydrogen-bond acceptors (Lipinski definition) is 4. The Bertz CT molecular complexity index is 563. The smallest absolute Gasteiger partial charge is 0.307 e. The maximum absolute atomic E-state index is 12.1. The highest BCUT2D eigenvalue weighted by atomic mass is 32.2. The third-order valence-corrected chi connectivity index (χ3v) is 5.85. The highest BCUT2D eigenvalue weighted by molar-refractivity contribution is 7.99. The van der Waals surface area contributed by atoms with Gasteiger partial charge in [-0.1, -0.05) is 12.1 Å². The van der Waals surface area contributed by atoms with Crippen LogP contribution in [0.25, 0.3) is 0 Å². The predicted molar refractivity (Wildman–Crippen MR) is 78.4 cm³/mol.